The van der Waals surface area contributed by atoms with Gasteiger partial charge < -0.3 is 5.32 Å². The summed E-state index contributed by atoms with van der Waals surface area (Å²) in [7, 11) is -3.80. The smallest absolute Gasteiger partial charge is 0.282 e. The van der Waals surface area contributed by atoms with Crippen LogP contribution in [0.5, 0.6) is 0 Å². The minimum atomic E-state index is -3.80. The van der Waals surface area contributed by atoms with E-state index < -0.39 is 21.9 Å². The lowest BCUT2D eigenvalue weighted by Gasteiger charge is -2.18. The number of hydrogen-bond donors (Lipinski definition) is 1. The summed E-state index contributed by atoms with van der Waals surface area (Å²) >= 11 is 0. The first-order chi connectivity index (χ1) is 12.9. The van der Waals surface area contributed by atoms with Crippen molar-refractivity contribution in [2.24, 2.45) is 0 Å². The average molecular weight is 391 g/mol. The van der Waals surface area contributed by atoms with E-state index in [1.807, 2.05) is 25.1 Å². The van der Waals surface area contributed by atoms with Gasteiger partial charge in [0, 0.05) is 30.9 Å². The molecule has 2 aromatic rings. The molecule has 6 nitrogen and oxygen atoms in total. The topological polar surface area (TPSA) is 69.7 Å². The number of carbonyl (C=O) groups excluding carboxylic acids is 1. The lowest BCUT2D eigenvalue weighted by molar-refractivity contribution is -0.116. The van der Waals surface area contributed by atoms with Crippen molar-refractivity contribution in [1.82, 2.24) is 8.61 Å². The Morgan fingerprint density at radius 1 is 1.11 bits per heavy atom. The van der Waals surface area contributed by atoms with Crippen LogP contribution in [-0.2, 0) is 28.0 Å². The van der Waals surface area contributed by atoms with E-state index in [4.69, 9.17) is 0 Å². The molecule has 1 heterocycles. The van der Waals surface area contributed by atoms with Crippen molar-refractivity contribution < 1.29 is 17.6 Å². The normalized spacial score (nSPS) is 17.1. The van der Waals surface area contributed by atoms with E-state index in [-0.39, 0.29) is 26.2 Å². The Kier molecular flexibility index (Phi) is 5.88. The van der Waals surface area contributed by atoms with Gasteiger partial charge in [0.05, 0.1) is 6.54 Å². The molecule has 0 radical (unpaired) electrons. The second-order valence-electron chi connectivity index (χ2n) is 6.37. The van der Waals surface area contributed by atoms with Gasteiger partial charge in [-0.15, -0.1) is 0 Å². The molecule has 1 amide bonds. The number of nitrogens with zero attached hydrogens (tertiary/aromatic N) is 2. The fraction of sp³-hybridized carbons (Fsp3) is 0.316. The van der Waals surface area contributed by atoms with Gasteiger partial charge in [-0.25, -0.2) is 4.39 Å². The van der Waals surface area contributed by atoms with Gasteiger partial charge in [-0.3, -0.25) is 4.79 Å². The number of carbonyl (C=O) groups is 1. The molecule has 0 saturated carbocycles. The highest BCUT2D eigenvalue weighted by Gasteiger charge is 2.37. The number of anilines is 1. The van der Waals surface area contributed by atoms with Crippen molar-refractivity contribution in [3.8, 4) is 0 Å². The number of aryl methyl sites for hydroxylation is 1. The molecule has 0 spiro atoms. The van der Waals surface area contributed by atoms with Gasteiger partial charge in [-0.1, -0.05) is 37.3 Å². The fourth-order valence-electron chi connectivity index (χ4n) is 2.98. The van der Waals surface area contributed by atoms with Crippen LogP contribution in [0.15, 0.2) is 48.5 Å². The molecule has 1 saturated heterocycles. The Hall–Kier alpha value is -2.29. The number of halogens is 1. The summed E-state index contributed by atoms with van der Waals surface area (Å²) in [5.74, 6) is -0.848. The third kappa shape index (κ3) is 4.52. The molecule has 2 aromatic carbocycles. The minimum absolute atomic E-state index is 0.0499. The zero-order chi connectivity index (χ0) is 19.4. The molecule has 27 heavy (non-hydrogen) atoms. The highest BCUT2D eigenvalue weighted by Crippen LogP contribution is 2.21. The second-order valence-corrected chi connectivity index (χ2v) is 8.30. The largest absolute Gasteiger partial charge is 0.325 e. The van der Waals surface area contributed by atoms with E-state index in [9.17, 15) is 17.6 Å². The predicted molar refractivity (Wildman–Crippen MR) is 102 cm³/mol. The van der Waals surface area contributed by atoms with Crippen LogP contribution in [0.25, 0.3) is 0 Å². The van der Waals surface area contributed by atoms with Crippen LogP contribution < -0.4 is 5.32 Å². The fourth-order valence-corrected chi connectivity index (χ4v) is 4.52. The second kappa shape index (κ2) is 8.16. The summed E-state index contributed by atoms with van der Waals surface area (Å²) in [5.41, 5.74) is 2.03. The van der Waals surface area contributed by atoms with Crippen LogP contribution in [0, 0.1) is 5.82 Å². The molecule has 144 valence electrons. The quantitative estimate of drug-likeness (QED) is 0.822. The van der Waals surface area contributed by atoms with Crippen molar-refractivity contribution >= 4 is 21.8 Å². The molecule has 0 bridgehead atoms. The maximum atomic E-state index is 13.8. The van der Waals surface area contributed by atoms with Gasteiger partial charge in [0.1, 0.15) is 5.82 Å². The first-order valence-corrected chi connectivity index (χ1v) is 10.2. The van der Waals surface area contributed by atoms with E-state index >= 15 is 0 Å². The lowest BCUT2D eigenvalue weighted by Crippen LogP contribution is -2.38. The SMILES string of the molecule is CCc1cccc(NC(=O)CN2CCN(Cc3ccccc3F)S2(=O)=O)c1. The van der Waals surface area contributed by atoms with Crippen molar-refractivity contribution in [3.05, 3.63) is 65.5 Å². The van der Waals surface area contributed by atoms with E-state index in [0.717, 1.165) is 16.3 Å². The summed E-state index contributed by atoms with van der Waals surface area (Å²) < 4.78 is 41.4. The molecule has 0 unspecified atom stereocenters. The molecule has 1 aliphatic heterocycles. The van der Waals surface area contributed by atoms with Crippen molar-refractivity contribution in [3.63, 3.8) is 0 Å². The Morgan fingerprint density at radius 3 is 2.59 bits per heavy atom. The maximum absolute atomic E-state index is 13.8. The monoisotopic (exact) mass is 391 g/mol. The first kappa shape index (κ1) is 19.5. The van der Waals surface area contributed by atoms with Crippen molar-refractivity contribution in [1.29, 1.82) is 0 Å². The van der Waals surface area contributed by atoms with Gasteiger partial charge in [-0.05, 0) is 30.2 Å². The van der Waals surface area contributed by atoms with Crippen LogP contribution in [0.2, 0.25) is 0 Å². The number of benzene rings is 2. The van der Waals surface area contributed by atoms with Gasteiger partial charge in [0.2, 0.25) is 5.91 Å². The summed E-state index contributed by atoms with van der Waals surface area (Å²) in [6.07, 6.45) is 0.842. The van der Waals surface area contributed by atoms with Crippen LogP contribution in [0.3, 0.4) is 0 Å². The third-order valence-corrected chi connectivity index (χ3v) is 6.42. The number of amides is 1. The summed E-state index contributed by atoms with van der Waals surface area (Å²) in [6, 6.07) is 13.5. The number of rotatable bonds is 6. The molecule has 8 heteroatoms. The van der Waals surface area contributed by atoms with Gasteiger partial charge in [0.25, 0.3) is 10.2 Å². The number of hydrogen-bond acceptors (Lipinski definition) is 3. The summed E-state index contributed by atoms with van der Waals surface area (Å²) in [4.78, 5) is 12.3. The number of nitrogens with one attached hydrogen (secondary N) is 1. The van der Waals surface area contributed by atoms with Gasteiger partial charge in [0.15, 0.2) is 0 Å². The zero-order valence-electron chi connectivity index (χ0n) is 15.1. The standard InChI is InChI=1S/C19H22FN3O3S/c1-2-15-6-5-8-17(12-15)21-19(24)14-23-11-10-22(27(23,25)26)13-16-7-3-4-9-18(16)20/h3-9,12H,2,10-11,13-14H2,1H3,(H,21,24). The molecule has 1 N–H and O–H groups in total. The molecular formula is C19H22FN3O3S. The van der Waals surface area contributed by atoms with Crippen molar-refractivity contribution in [2.75, 3.05) is 25.0 Å². The maximum Gasteiger partial charge on any atom is 0.282 e. The zero-order valence-corrected chi connectivity index (χ0v) is 15.9. The van der Waals surface area contributed by atoms with Crippen LogP contribution in [0.1, 0.15) is 18.1 Å². The molecule has 1 aliphatic rings. The average Bonchev–Trinajstić information content (AvgIpc) is 2.91. The Morgan fingerprint density at radius 2 is 1.85 bits per heavy atom. The third-order valence-electron chi connectivity index (χ3n) is 4.49. The Labute approximate surface area is 158 Å². The van der Waals surface area contributed by atoms with Gasteiger partial charge >= 0.3 is 0 Å². The molecule has 0 aromatic heterocycles. The Bertz CT molecular complexity index is 933. The highest BCUT2D eigenvalue weighted by atomic mass is 32.2. The molecular weight excluding hydrogens is 369 g/mol. The highest BCUT2D eigenvalue weighted by molar-refractivity contribution is 7.87. The minimum Gasteiger partial charge on any atom is -0.325 e. The summed E-state index contributed by atoms with van der Waals surface area (Å²) in [5, 5.41) is 2.73. The van der Waals surface area contributed by atoms with E-state index in [1.54, 1.807) is 24.3 Å². The van der Waals surface area contributed by atoms with E-state index in [1.165, 1.54) is 10.4 Å². The van der Waals surface area contributed by atoms with E-state index in [2.05, 4.69) is 5.32 Å². The molecule has 0 aliphatic carbocycles. The van der Waals surface area contributed by atoms with Crippen LogP contribution in [0.4, 0.5) is 10.1 Å². The molecule has 3 rings (SSSR count). The lowest BCUT2D eigenvalue weighted by atomic mass is 10.1. The molecule has 1 fully saturated rings. The predicted octanol–water partition coefficient (Wildman–Crippen LogP) is 2.39. The van der Waals surface area contributed by atoms with E-state index in [0.29, 0.717) is 11.3 Å². The van der Waals surface area contributed by atoms with Crippen LogP contribution in [-0.4, -0.2) is 42.6 Å². The van der Waals surface area contributed by atoms with Crippen LogP contribution >= 0.6 is 0 Å². The Balaban J connectivity index is 1.64. The summed E-state index contributed by atoms with van der Waals surface area (Å²) in [6.45, 7) is 2.11. The first-order valence-electron chi connectivity index (χ1n) is 8.77. The molecule has 0 atom stereocenters. The van der Waals surface area contributed by atoms with Gasteiger partial charge in [-0.2, -0.15) is 17.0 Å². The van der Waals surface area contributed by atoms with Crippen molar-refractivity contribution in [2.45, 2.75) is 19.9 Å².